The highest BCUT2D eigenvalue weighted by Gasteiger charge is 2.48. The SMILES string of the molecule is Cc1cc(C)c(O)c(-c2n[nH]c3c2C(c2ccc(OCC(N)=O)cc2)N(C2CCS(=O)(=O)C2)C3=O)c1. The van der Waals surface area contributed by atoms with Crippen LogP contribution in [0.4, 0.5) is 0 Å². The molecule has 10 nitrogen and oxygen atoms in total. The highest BCUT2D eigenvalue weighted by Crippen LogP contribution is 2.47. The van der Waals surface area contributed by atoms with Gasteiger partial charge in [0.1, 0.15) is 22.9 Å². The summed E-state index contributed by atoms with van der Waals surface area (Å²) >= 11 is 0. The predicted molar refractivity (Wildman–Crippen MR) is 131 cm³/mol. The zero-order valence-corrected chi connectivity index (χ0v) is 20.6. The Morgan fingerprint density at radius 1 is 1.25 bits per heavy atom. The number of fused-ring (bicyclic) bond motifs is 1. The van der Waals surface area contributed by atoms with Crippen molar-refractivity contribution in [1.29, 1.82) is 0 Å². The number of benzene rings is 2. The summed E-state index contributed by atoms with van der Waals surface area (Å²) in [5, 5.41) is 18.1. The van der Waals surface area contributed by atoms with E-state index in [2.05, 4.69) is 10.2 Å². The van der Waals surface area contributed by atoms with Crippen LogP contribution in [-0.4, -0.2) is 64.6 Å². The van der Waals surface area contributed by atoms with Gasteiger partial charge in [0.05, 0.1) is 17.5 Å². The Bertz CT molecular complexity index is 1480. The number of carbonyl (C=O) groups is 2. The second kappa shape index (κ2) is 8.66. The van der Waals surface area contributed by atoms with Crippen LogP contribution < -0.4 is 10.5 Å². The van der Waals surface area contributed by atoms with E-state index in [-0.39, 0.29) is 35.5 Å². The third-order valence-electron chi connectivity index (χ3n) is 6.68. The first-order chi connectivity index (χ1) is 17.1. The second-order valence-electron chi connectivity index (χ2n) is 9.33. The van der Waals surface area contributed by atoms with Gasteiger partial charge in [-0.25, -0.2) is 8.42 Å². The third-order valence-corrected chi connectivity index (χ3v) is 8.43. The molecule has 2 amide bonds. The number of aryl methyl sites for hydroxylation is 2. The number of primary amides is 1. The number of phenols is 1. The summed E-state index contributed by atoms with van der Waals surface area (Å²) in [6.45, 7) is 3.43. The van der Waals surface area contributed by atoms with Crippen LogP contribution in [0.2, 0.25) is 0 Å². The smallest absolute Gasteiger partial charge is 0.273 e. The third kappa shape index (κ3) is 4.09. The average molecular weight is 511 g/mol. The quantitative estimate of drug-likeness (QED) is 0.458. The first-order valence-corrected chi connectivity index (χ1v) is 13.3. The van der Waals surface area contributed by atoms with Gasteiger partial charge in [0.2, 0.25) is 0 Å². The molecule has 4 N–H and O–H groups in total. The lowest BCUT2D eigenvalue weighted by Gasteiger charge is -2.31. The fourth-order valence-electron chi connectivity index (χ4n) is 5.11. The van der Waals surface area contributed by atoms with Gasteiger partial charge in [-0.2, -0.15) is 5.10 Å². The number of hydrogen-bond acceptors (Lipinski definition) is 7. The zero-order valence-electron chi connectivity index (χ0n) is 19.8. The topological polar surface area (TPSA) is 156 Å². The molecule has 1 saturated heterocycles. The normalized spacial score (nSPS) is 20.5. The Labute approximate surface area is 208 Å². The highest BCUT2D eigenvalue weighted by molar-refractivity contribution is 7.91. The van der Waals surface area contributed by atoms with E-state index >= 15 is 0 Å². The first-order valence-electron chi connectivity index (χ1n) is 11.5. The van der Waals surface area contributed by atoms with Crippen molar-refractivity contribution in [3.63, 3.8) is 0 Å². The van der Waals surface area contributed by atoms with Gasteiger partial charge in [0.25, 0.3) is 11.8 Å². The fourth-order valence-corrected chi connectivity index (χ4v) is 6.82. The van der Waals surface area contributed by atoms with E-state index in [1.54, 1.807) is 36.1 Å². The van der Waals surface area contributed by atoms with Crippen molar-refractivity contribution in [2.24, 2.45) is 5.73 Å². The number of amides is 2. The molecule has 3 heterocycles. The lowest BCUT2D eigenvalue weighted by atomic mass is 9.93. The van der Waals surface area contributed by atoms with E-state index in [1.165, 1.54) is 0 Å². The standard InChI is InChI=1S/C25H26N4O6S/c1-13-9-14(2)24(31)18(10-13)21-20-22(28-27-21)25(32)29(16-7-8-36(33,34)12-16)23(20)15-3-5-17(6-4-15)35-11-19(26)30/h3-6,9-10,16,23,31H,7-8,11-12H2,1-2H3,(H2,26,30)(H,27,28). The number of aromatic amines is 1. The van der Waals surface area contributed by atoms with E-state index in [0.717, 1.165) is 5.56 Å². The van der Waals surface area contributed by atoms with Crippen molar-refractivity contribution in [2.75, 3.05) is 18.1 Å². The summed E-state index contributed by atoms with van der Waals surface area (Å²) in [6, 6.07) is 9.38. The molecule has 0 aliphatic carbocycles. The van der Waals surface area contributed by atoms with E-state index in [9.17, 15) is 23.1 Å². The molecule has 36 heavy (non-hydrogen) atoms. The Morgan fingerprint density at radius 3 is 2.61 bits per heavy atom. The number of aromatic hydroxyl groups is 1. The van der Waals surface area contributed by atoms with Crippen LogP contribution in [0, 0.1) is 13.8 Å². The number of H-pyrrole nitrogens is 1. The van der Waals surface area contributed by atoms with Crippen molar-refractivity contribution in [3.05, 3.63) is 64.3 Å². The molecule has 2 atom stereocenters. The van der Waals surface area contributed by atoms with E-state index in [4.69, 9.17) is 10.5 Å². The number of nitrogens with two attached hydrogens (primary N) is 1. The number of phenolic OH excluding ortho intramolecular Hbond substituents is 1. The van der Waals surface area contributed by atoms with Gasteiger partial charge in [-0.1, -0.05) is 18.2 Å². The van der Waals surface area contributed by atoms with Crippen molar-refractivity contribution in [2.45, 2.75) is 32.4 Å². The second-order valence-corrected chi connectivity index (χ2v) is 11.6. The number of ether oxygens (including phenoxy) is 1. The lowest BCUT2D eigenvalue weighted by Crippen LogP contribution is -2.40. The molecule has 2 aliphatic rings. The summed E-state index contributed by atoms with van der Waals surface area (Å²) in [5.74, 6) is -0.541. The maximum Gasteiger partial charge on any atom is 0.273 e. The Kier molecular flexibility index (Phi) is 5.74. The molecule has 0 bridgehead atoms. The van der Waals surface area contributed by atoms with Crippen LogP contribution in [0.3, 0.4) is 0 Å². The van der Waals surface area contributed by atoms with Crippen molar-refractivity contribution in [3.8, 4) is 22.8 Å². The number of hydrogen-bond donors (Lipinski definition) is 3. The predicted octanol–water partition coefficient (Wildman–Crippen LogP) is 2.00. The molecule has 11 heteroatoms. The van der Waals surface area contributed by atoms with Gasteiger partial charge >= 0.3 is 0 Å². The minimum Gasteiger partial charge on any atom is -0.507 e. The van der Waals surface area contributed by atoms with Crippen LogP contribution in [0.5, 0.6) is 11.5 Å². The van der Waals surface area contributed by atoms with Gasteiger partial charge < -0.3 is 20.5 Å². The van der Waals surface area contributed by atoms with Gasteiger partial charge in [-0.05, 0) is 55.2 Å². The summed E-state index contributed by atoms with van der Waals surface area (Å²) in [4.78, 5) is 26.3. The Balaban J connectivity index is 1.64. The highest BCUT2D eigenvalue weighted by atomic mass is 32.2. The first kappa shape index (κ1) is 23.9. The van der Waals surface area contributed by atoms with Crippen LogP contribution in [0.1, 0.15) is 45.2 Å². The largest absolute Gasteiger partial charge is 0.507 e. The van der Waals surface area contributed by atoms with Crippen LogP contribution >= 0.6 is 0 Å². The molecule has 0 saturated carbocycles. The van der Waals surface area contributed by atoms with E-state index in [0.29, 0.717) is 40.1 Å². The van der Waals surface area contributed by atoms with Gasteiger partial charge in [0.15, 0.2) is 16.4 Å². The van der Waals surface area contributed by atoms with Gasteiger partial charge in [-0.3, -0.25) is 14.7 Å². The zero-order chi connectivity index (χ0) is 25.8. The number of nitrogens with zero attached hydrogens (tertiary/aromatic N) is 2. The van der Waals surface area contributed by atoms with E-state index in [1.807, 2.05) is 19.1 Å². The number of aromatic nitrogens is 2. The maximum atomic E-state index is 13.6. The molecule has 2 aromatic carbocycles. The number of rotatable bonds is 6. The van der Waals surface area contributed by atoms with Crippen molar-refractivity contribution < 1.29 is 27.9 Å². The Hall–Kier alpha value is -3.86. The van der Waals surface area contributed by atoms with Crippen LogP contribution in [0.25, 0.3) is 11.3 Å². The van der Waals surface area contributed by atoms with Gasteiger partial charge in [-0.15, -0.1) is 0 Å². The molecule has 3 aromatic rings. The average Bonchev–Trinajstić information content (AvgIpc) is 3.48. The lowest BCUT2D eigenvalue weighted by molar-refractivity contribution is -0.119. The maximum absolute atomic E-state index is 13.6. The summed E-state index contributed by atoms with van der Waals surface area (Å²) < 4.78 is 29.9. The molecule has 0 radical (unpaired) electrons. The van der Waals surface area contributed by atoms with Gasteiger partial charge in [0, 0.05) is 17.2 Å². The van der Waals surface area contributed by atoms with Crippen molar-refractivity contribution >= 4 is 21.7 Å². The summed E-state index contributed by atoms with van der Waals surface area (Å²) in [6.07, 6.45) is 0.340. The number of sulfone groups is 1. The molecule has 2 aliphatic heterocycles. The summed E-state index contributed by atoms with van der Waals surface area (Å²) in [7, 11) is -3.26. The monoisotopic (exact) mass is 510 g/mol. The fraction of sp³-hybridized carbons (Fsp3) is 0.320. The Morgan fingerprint density at radius 2 is 1.97 bits per heavy atom. The molecular formula is C25H26N4O6S. The minimum absolute atomic E-state index is 0.0188. The molecule has 188 valence electrons. The number of carbonyl (C=O) groups excluding carboxylic acids is 2. The molecule has 1 aromatic heterocycles. The van der Waals surface area contributed by atoms with E-state index < -0.39 is 27.8 Å². The molecule has 2 unspecified atom stereocenters. The molecular weight excluding hydrogens is 484 g/mol. The molecule has 1 fully saturated rings. The minimum atomic E-state index is -3.26. The summed E-state index contributed by atoms with van der Waals surface area (Å²) in [5.41, 5.74) is 9.24. The van der Waals surface area contributed by atoms with Crippen LogP contribution in [0.15, 0.2) is 36.4 Å². The molecule has 0 spiro atoms. The number of nitrogens with one attached hydrogen (secondary N) is 1. The molecule has 5 rings (SSSR count). The van der Waals surface area contributed by atoms with Crippen molar-refractivity contribution in [1.82, 2.24) is 15.1 Å². The van der Waals surface area contributed by atoms with Crippen LogP contribution in [-0.2, 0) is 14.6 Å².